The molecule has 0 atom stereocenters. The number of nitrogens with one attached hydrogen (secondary N) is 1. The molecule has 100 valence electrons. The summed E-state index contributed by atoms with van der Waals surface area (Å²) >= 11 is 0. The number of anilines is 1. The van der Waals surface area contributed by atoms with Gasteiger partial charge in [0.25, 0.3) is 5.91 Å². The maximum Gasteiger partial charge on any atom is 0.255 e. The molecule has 3 nitrogen and oxygen atoms in total. The lowest BCUT2D eigenvalue weighted by atomic mass is 10.1. The first-order chi connectivity index (χ1) is 9.72. The summed E-state index contributed by atoms with van der Waals surface area (Å²) in [6.07, 6.45) is 1.65. The predicted octanol–water partition coefficient (Wildman–Crippen LogP) is 3.24. The highest BCUT2D eigenvalue weighted by molar-refractivity contribution is 6.07. The summed E-state index contributed by atoms with van der Waals surface area (Å²) in [6, 6.07) is 13.4. The molecular weight excluding hydrogens is 257 g/mol. The van der Waals surface area contributed by atoms with Gasteiger partial charge in [-0.2, -0.15) is 0 Å². The van der Waals surface area contributed by atoms with E-state index >= 15 is 0 Å². The second kappa shape index (κ2) is 5.17. The van der Waals surface area contributed by atoms with Crippen LogP contribution in [0.1, 0.15) is 5.56 Å². The van der Waals surface area contributed by atoms with Gasteiger partial charge < -0.3 is 10.1 Å². The zero-order valence-corrected chi connectivity index (χ0v) is 10.6. The van der Waals surface area contributed by atoms with Gasteiger partial charge in [-0.25, -0.2) is 4.39 Å². The number of carbonyl (C=O) groups is 1. The lowest BCUT2D eigenvalue weighted by molar-refractivity contribution is -0.113. The van der Waals surface area contributed by atoms with E-state index in [-0.39, 0.29) is 18.3 Å². The van der Waals surface area contributed by atoms with Crippen LogP contribution in [0.5, 0.6) is 5.75 Å². The normalized spacial score (nSPS) is 12.9. The molecule has 0 aromatic heterocycles. The van der Waals surface area contributed by atoms with Crippen molar-refractivity contribution in [3.8, 4) is 5.75 Å². The van der Waals surface area contributed by atoms with Crippen molar-refractivity contribution in [2.75, 3.05) is 11.9 Å². The molecule has 0 aliphatic carbocycles. The Morgan fingerprint density at radius 1 is 1.15 bits per heavy atom. The molecule has 1 aliphatic rings. The number of hydrogen-bond donors (Lipinski definition) is 1. The van der Waals surface area contributed by atoms with E-state index in [0.717, 1.165) is 0 Å². The topological polar surface area (TPSA) is 38.3 Å². The van der Waals surface area contributed by atoms with E-state index < -0.39 is 0 Å². The van der Waals surface area contributed by atoms with Crippen molar-refractivity contribution >= 4 is 17.7 Å². The maximum atomic E-state index is 13.2. The number of rotatable bonds is 2. The van der Waals surface area contributed by atoms with E-state index in [1.54, 1.807) is 24.3 Å². The van der Waals surface area contributed by atoms with Crippen LogP contribution in [0.25, 0.3) is 6.08 Å². The summed E-state index contributed by atoms with van der Waals surface area (Å²) in [4.78, 5) is 12.1. The molecule has 1 amide bonds. The zero-order chi connectivity index (χ0) is 13.9. The SMILES string of the molecule is O=C(Nc1ccccc1)C1=Cc2cc(F)ccc2OC1. The fourth-order valence-electron chi connectivity index (χ4n) is 2.01. The molecule has 1 aliphatic heterocycles. The van der Waals surface area contributed by atoms with Gasteiger partial charge in [-0.15, -0.1) is 0 Å². The van der Waals surface area contributed by atoms with Gasteiger partial charge in [-0.05, 0) is 36.4 Å². The van der Waals surface area contributed by atoms with Crippen molar-refractivity contribution in [1.29, 1.82) is 0 Å². The minimum atomic E-state index is -0.353. The highest BCUT2D eigenvalue weighted by atomic mass is 19.1. The van der Waals surface area contributed by atoms with Gasteiger partial charge in [0.1, 0.15) is 18.2 Å². The molecule has 2 aromatic rings. The Labute approximate surface area is 115 Å². The van der Waals surface area contributed by atoms with E-state index in [9.17, 15) is 9.18 Å². The number of benzene rings is 2. The number of para-hydroxylation sites is 1. The monoisotopic (exact) mass is 269 g/mol. The highest BCUT2D eigenvalue weighted by Gasteiger charge is 2.17. The minimum absolute atomic E-state index is 0.178. The van der Waals surface area contributed by atoms with Crippen LogP contribution >= 0.6 is 0 Å². The second-order valence-electron chi connectivity index (χ2n) is 4.46. The number of halogens is 1. The number of ether oxygens (including phenoxy) is 1. The Hall–Kier alpha value is -2.62. The van der Waals surface area contributed by atoms with Crippen molar-refractivity contribution in [2.24, 2.45) is 0 Å². The fourth-order valence-corrected chi connectivity index (χ4v) is 2.01. The smallest absolute Gasteiger partial charge is 0.255 e. The van der Waals surface area contributed by atoms with Crippen LogP contribution in [0.2, 0.25) is 0 Å². The molecule has 0 spiro atoms. The van der Waals surface area contributed by atoms with Crippen LogP contribution in [-0.4, -0.2) is 12.5 Å². The number of carbonyl (C=O) groups excluding carboxylic acids is 1. The van der Waals surface area contributed by atoms with Crippen molar-refractivity contribution in [3.05, 3.63) is 65.5 Å². The van der Waals surface area contributed by atoms with Crippen molar-refractivity contribution < 1.29 is 13.9 Å². The summed E-state index contributed by atoms with van der Waals surface area (Å²) in [7, 11) is 0. The molecule has 0 unspecified atom stereocenters. The standard InChI is InChI=1S/C16H12FNO2/c17-13-6-7-15-11(9-13)8-12(10-20-15)16(19)18-14-4-2-1-3-5-14/h1-9H,10H2,(H,18,19). The summed E-state index contributed by atoms with van der Waals surface area (Å²) in [6.45, 7) is 0.178. The predicted molar refractivity (Wildman–Crippen MR) is 74.9 cm³/mol. The lowest BCUT2D eigenvalue weighted by Crippen LogP contribution is -2.21. The summed E-state index contributed by atoms with van der Waals surface area (Å²) in [5, 5.41) is 2.78. The molecule has 0 radical (unpaired) electrons. The average Bonchev–Trinajstić information content (AvgIpc) is 2.47. The van der Waals surface area contributed by atoms with Crippen LogP contribution < -0.4 is 10.1 Å². The van der Waals surface area contributed by atoms with Crippen LogP contribution in [0.15, 0.2) is 54.1 Å². The van der Waals surface area contributed by atoms with E-state index in [0.29, 0.717) is 22.6 Å². The maximum absolute atomic E-state index is 13.2. The molecular formula is C16H12FNO2. The van der Waals surface area contributed by atoms with Crippen LogP contribution in [0.3, 0.4) is 0 Å². The average molecular weight is 269 g/mol. The molecule has 4 heteroatoms. The van der Waals surface area contributed by atoms with Crippen molar-refractivity contribution in [1.82, 2.24) is 0 Å². The minimum Gasteiger partial charge on any atom is -0.488 e. The first kappa shape index (κ1) is 12.4. The Morgan fingerprint density at radius 2 is 1.95 bits per heavy atom. The zero-order valence-electron chi connectivity index (χ0n) is 10.6. The summed E-state index contributed by atoms with van der Waals surface area (Å²) in [5.41, 5.74) is 1.75. The van der Waals surface area contributed by atoms with Crippen molar-refractivity contribution in [3.63, 3.8) is 0 Å². The van der Waals surface area contributed by atoms with Gasteiger partial charge in [0.05, 0.1) is 5.57 Å². The Balaban J connectivity index is 1.83. The fraction of sp³-hybridized carbons (Fsp3) is 0.0625. The molecule has 20 heavy (non-hydrogen) atoms. The summed E-state index contributed by atoms with van der Waals surface area (Å²) < 4.78 is 18.6. The quantitative estimate of drug-likeness (QED) is 0.909. The number of fused-ring (bicyclic) bond motifs is 1. The highest BCUT2D eigenvalue weighted by Crippen LogP contribution is 2.27. The molecule has 1 N–H and O–H groups in total. The third kappa shape index (κ3) is 2.54. The van der Waals surface area contributed by atoms with Gasteiger partial charge in [0.15, 0.2) is 0 Å². The molecule has 0 saturated carbocycles. The van der Waals surface area contributed by atoms with E-state index in [1.165, 1.54) is 12.1 Å². The van der Waals surface area contributed by atoms with Crippen LogP contribution in [-0.2, 0) is 4.79 Å². The van der Waals surface area contributed by atoms with Gasteiger partial charge >= 0.3 is 0 Å². The third-order valence-electron chi connectivity index (χ3n) is 3.01. The van der Waals surface area contributed by atoms with Gasteiger partial charge in [-0.1, -0.05) is 18.2 Å². The Kier molecular flexibility index (Phi) is 3.21. The van der Waals surface area contributed by atoms with E-state index in [1.807, 2.05) is 18.2 Å². The Bertz CT molecular complexity index is 680. The molecule has 2 aromatic carbocycles. The second-order valence-corrected chi connectivity index (χ2v) is 4.46. The molecule has 3 rings (SSSR count). The van der Waals surface area contributed by atoms with Crippen LogP contribution in [0.4, 0.5) is 10.1 Å². The van der Waals surface area contributed by atoms with Gasteiger partial charge in [-0.3, -0.25) is 4.79 Å². The van der Waals surface area contributed by atoms with Gasteiger partial charge in [0.2, 0.25) is 0 Å². The first-order valence-electron chi connectivity index (χ1n) is 6.22. The third-order valence-corrected chi connectivity index (χ3v) is 3.01. The largest absolute Gasteiger partial charge is 0.488 e. The first-order valence-corrected chi connectivity index (χ1v) is 6.22. The molecule has 1 heterocycles. The molecule has 0 bridgehead atoms. The van der Waals surface area contributed by atoms with Crippen LogP contribution in [0, 0.1) is 5.82 Å². The Morgan fingerprint density at radius 3 is 2.75 bits per heavy atom. The lowest BCUT2D eigenvalue weighted by Gasteiger charge is -2.17. The van der Waals surface area contributed by atoms with Gasteiger partial charge in [0, 0.05) is 11.3 Å². The molecule has 0 saturated heterocycles. The van der Waals surface area contributed by atoms with E-state index in [4.69, 9.17) is 4.74 Å². The number of hydrogen-bond acceptors (Lipinski definition) is 2. The summed E-state index contributed by atoms with van der Waals surface area (Å²) in [5.74, 6) is -0.0120. The van der Waals surface area contributed by atoms with Crippen molar-refractivity contribution in [2.45, 2.75) is 0 Å². The number of amides is 1. The molecule has 0 fully saturated rings. The van der Waals surface area contributed by atoms with E-state index in [2.05, 4.69) is 5.32 Å².